The van der Waals surface area contributed by atoms with Crippen LogP contribution in [-0.2, 0) is 14.3 Å². The molecule has 7 heteroatoms. The van der Waals surface area contributed by atoms with E-state index in [0.29, 0.717) is 16.7 Å². The minimum atomic E-state index is -4.11. The monoisotopic (exact) mass is 457 g/mol. The lowest BCUT2D eigenvalue weighted by molar-refractivity contribution is -0.102. The minimum Gasteiger partial charge on any atom is -0.501 e. The second kappa shape index (κ2) is 8.64. The summed E-state index contributed by atoms with van der Waals surface area (Å²) in [7, 11) is -4.11. The Morgan fingerprint density at radius 1 is 1.00 bits per heavy atom. The van der Waals surface area contributed by atoms with Crippen LogP contribution in [0, 0.1) is 16.7 Å². The summed E-state index contributed by atoms with van der Waals surface area (Å²) >= 11 is 0. The molecule has 2 aromatic carbocycles. The van der Waals surface area contributed by atoms with Gasteiger partial charge in [-0.1, -0.05) is 64.5 Å². The topological polar surface area (TPSA) is 91.8 Å². The summed E-state index contributed by atoms with van der Waals surface area (Å²) in [5.41, 5.74) is -1.01. The highest BCUT2D eigenvalue weighted by molar-refractivity contribution is 7.87. The molecule has 2 aromatic rings. The van der Waals surface area contributed by atoms with Crippen molar-refractivity contribution >= 4 is 26.6 Å². The van der Waals surface area contributed by atoms with E-state index in [0.717, 1.165) is 44.9 Å². The minimum absolute atomic E-state index is 0.00449. The molecule has 0 unspecified atom stereocenters. The molecule has 32 heavy (non-hydrogen) atoms. The number of rotatable bonds is 5. The van der Waals surface area contributed by atoms with Crippen molar-refractivity contribution < 1.29 is 17.7 Å². The van der Waals surface area contributed by atoms with E-state index in [1.807, 2.05) is 0 Å². The average Bonchev–Trinajstić information content (AvgIpc) is 2.80. The summed E-state index contributed by atoms with van der Waals surface area (Å²) in [5.74, 6) is 0.187. The number of hydrogen-bond donors (Lipinski definition) is 1. The molecule has 1 N–H and O–H groups in total. The second-order valence-corrected chi connectivity index (χ2v) is 11.5. The summed E-state index contributed by atoms with van der Waals surface area (Å²) < 4.78 is 33.8. The molecule has 2 fully saturated rings. The van der Waals surface area contributed by atoms with E-state index in [1.165, 1.54) is 31.4 Å². The van der Waals surface area contributed by atoms with E-state index >= 15 is 0 Å². The Bertz CT molecular complexity index is 1140. The molecule has 0 saturated heterocycles. The Morgan fingerprint density at radius 2 is 1.66 bits per heavy atom. The van der Waals surface area contributed by atoms with E-state index in [-0.39, 0.29) is 21.7 Å². The first kappa shape index (κ1) is 23.0. The van der Waals surface area contributed by atoms with Crippen molar-refractivity contribution in [2.75, 3.05) is 0 Å². The van der Waals surface area contributed by atoms with Gasteiger partial charge >= 0.3 is 5.69 Å². The van der Waals surface area contributed by atoms with Gasteiger partial charge in [0.2, 0.25) is 11.1 Å². The molecule has 172 valence electrons. The normalized spacial score (nSPS) is 20.2. The second-order valence-electron chi connectivity index (χ2n) is 10.0. The van der Waals surface area contributed by atoms with Crippen LogP contribution in [0.4, 0.5) is 5.69 Å². The van der Waals surface area contributed by atoms with Crippen LogP contribution in [0.15, 0.2) is 35.2 Å². The van der Waals surface area contributed by atoms with Crippen molar-refractivity contribution in [1.82, 2.24) is 0 Å². The lowest BCUT2D eigenvalue weighted by atomic mass is 9.58. The van der Waals surface area contributed by atoms with Crippen LogP contribution in [0.5, 0.6) is 5.75 Å². The number of diazo groups is 1. The summed E-state index contributed by atoms with van der Waals surface area (Å²) in [4.78, 5) is 3.11. The number of phenols is 1. The molecule has 0 bridgehead atoms. The quantitative estimate of drug-likeness (QED) is 0.384. The van der Waals surface area contributed by atoms with Crippen molar-refractivity contribution in [2.45, 2.75) is 88.6 Å². The van der Waals surface area contributed by atoms with Crippen LogP contribution < -0.4 is 0 Å². The van der Waals surface area contributed by atoms with Gasteiger partial charge in [-0.05, 0) is 49.1 Å². The summed E-state index contributed by atoms with van der Waals surface area (Å²) in [6.45, 7) is 4.40. The first-order valence-corrected chi connectivity index (χ1v) is 13.2. The predicted octanol–water partition coefficient (Wildman–Crippen LogP) is 7.04. The van der Waals surface area contributed by atoms with Crippen LogP contribution >= 0.6 is 0 Å². The largest absolute Gasteiger partial charge is 0.501 e. The van der Waals surface area contributed by atoms with Crippen molar-refractivity contribution in [2.24, 2.45) is 11.3 Å². The third-order valence-corrected chi connectivity index (χ3v) is 9.51. The SMILES string of the molecule is CC(C)(C1CCCCC1)C1(OS(=O)(=O)c2cccc3c(O)c([N+]#N)ccc23)CCCCC1. The third-order valence-electron chi connectivity index (χ3n) is 8.08. The smallest absolute Gasteiger partial charge is 0.426 e. The van der Waals surface area contributed by atoms with Crippen LogP contribution in [0.3, 0.4) is 0 Å². The fourth-order valence-corrected chi connectivity index (χ4v) is 7.59. The van der Waals surface area contributed by atoms with Crippen molar-refractivity contribution in [3.8, 4) is 5.75 Å². The number of fused-ring (bicyclic) bond motifs is 1. The first-order valence-electron chi connectivity index (χ1n) is 11.8. The summed E-state index contributed by atoms with van der Waals surface area (Å²) in [6.07, 6.45) is 10.4. The Kier molecular flexibility index (Phi) is 6.21. The van der Waals surface area contributed by atoms with Gasteiger partial charge in [-0.2, -0.15) is 8.42 Å². The molecule has 0 spiro atoms. The molecule has 0 amide bonds. The molecule has 0 atom stereocenters. The highest BCUT2D eigenvalue weighted by Gasteiger charge is 2.53. The standard InChI is InChI=1S/C25H32N2O4S/c1-24(2,18-10-5-3-6-11-18)25(16-7-4-8-17-25)31-32(29,30)22-13-9-12-20-19(22)14-15-21(27-26)23(20)28/h9,12-15,18H,3-8,10-11,16-17H2,1-2H3/p+1. The molecule has 2 aliphatic rings. The first-order chi connectivity index (χ1) is 15.2. The van der Waals surface area contributed by atoms with E-state index in [4.69, 9.17) is 9.58 Å². The number of aromatic hydroxyl groups is 1. The Balaban J connectivity index is 1.78. The van der Waals surface area contributed by atoms with E-state index in [1.54, 1.807) is 18.2 Å². The third kappa shape index (κ3) is 3.88. The fraction of sp³-hybridized carbons (Fsp3) is 0.600. The van der Waals surface area contributed by atoms with Crippen molar-refractivity contribution in [3.05, 3.63) is 35.3 Å². The van der Waals surface area contributed by atoms with Crippen LogP contribution in [0.25, 0.3) is 15.7 Å². The molecule has 0 aliphatic heterocycles. The maximum absolute atomic E-state index is 13.7. The maximum atomic E-state index is 13.7. The zero-order valence-electron chi connectivity index (χ0n) is 19.0. The fourth-order valence-electron chi connectivity index (χ4n) is 6.01. The number of nitrogens with zero attached hydrogens (tertiary/aromatic N) is 2. The molecular weight excluding hydrogens is 424 g/mol. The van der Waals surface area contributed by atoms with E-state index < -0.39 is 15.7 Å². The molecule has 2 saturated carbocycles. The molecule has 4 rings (SSSR count). The Labute approximate surface area is 190 Å². The maximum Gasteiger partial charge on any atom is 0.426 e. The van der Waals surface area contributed by atoms with Gasteiger partial charge < -0.3 is 5.11 Å². The molecule has 0 radical (unpaired) electrons. The van der Waals surface area contributed by atoms with Gasteiger partial charge in [-0.25, -0.2) is 0 Å². The highest BCUT2D eigenvalue weighted by Crippen LogP contribution is 2.54. The van der Waals surface area contributed by atoms with Crippen LogP contribution in [0.1, 0.15) is 78.1 Å². The zero-order chi connectivity index (χ0) is 23.0. The van der Waals surface area contributed by atoms with Crippen molar-refractivity contribution in [3.63, 3.8) is 0 Å². The van der Waals surface area contributed by atoms with Gasteiger partial charge in [0.1, 0.15) is 4.90 Å². The van der Waals surface area contributed by atoms with Crippen LogP contribution in [-0.4, -0.2) is 19.1 Å². The summed E-state index contributed by atoms with van der Waals surface area (Å²) in [5, 5.41) is 20.2. The number of hydrogen-bond acceptors (Lipinski definition) is 5. The van der Waals surface area contributed by atoms with Gasteiger partial charge in [0.15, 0.2) is 4.98 Å². The lowest BCUT2D eigenvalue weighted by Gasteiger charge is -2.52. The van der Waals surface area contributed by atoms with E-state index in [9.17, 15) is 13.5 Å². The van der Waals surface area contributed by atoms with Gasteiger partial charge in [0.25, 0.3) is 10.1 Å². The van der Waals surface area contributed by atoms with Gasteiger partial charge in [-0.15, -0.1) is 0 Å². The van der Waals surface area contributed by atoms with Crippen LogP contribution in [0.2, 0.25) is 0 Å². The Morgan fingerprint density at radius 3 is 2.31 bits per heavy atom. The molecule has 0 heterocycles. The molecule has 2 aliphatic carbocycles. The number of phenolic OH excluding ortho intramolecular Hbond substituents is 1. The lowest BCUT2D eigenvalue weighted by Crippen LogP contribution is -2.53. The van der Waals surface area contributed by atoms with Gasteiger partial charge in [0, 0.05) is 16.8 Å². The number of benzene rings is 2. The molecular formula is C25H33N2O4S+. The summed E-state index contributed by atoms with van der Waals surface area (Å²) in [6, 6.07) is 7.68. The zero-order valence-corrected chi connectivity index (χ0v) is 19.8. The highest BCUT2D eigenvalue weighted by atomic mass is 32.2. The van der Waals surface area contributed by atoms with Gasteiger partial charge in [-0.3, -0.25) is 4.18 Å². The Hall–Kier alpha value is -2.17. The molecule has 6 nitrogen and oxygen atoms in total. The van der Waals surface area contributed by atoms with Gasteiger partial charge in [0.05, 0.1) is 5.60 Å². The van der Waals surface area contributed by atoms with Crippen molar-refractivity contribution in [1.29, 1.82) is 5.39 Å². The molecule has 0 aromatic heterocycles. The predicted molar refractivity (Wildman–Crippen MR) is 125 cm³/mol. The van der Waals surface area contributed by atoms with E-state index in [2.05, 4.69) is 18.8 Å². The average molecular weight is 458 g/mol.